The normalized spacial score (nSPS) is 9.20. The van der Waals surface area contributed by atoms with Crippen LogP contribution in [0.15, 0.2) is 6.20 Å². The molecular weight excluding hydrogens is 256 g/mol. The van der Waals surface area contributed by atoms with Crippen LogP contribution in [-0.2, 0) is 0 Å². The van der Waals surface area contributed by atoms with Crippen LogP contribution in [0.5, 0.6) is 0 Å². The Labute approximate surface area is 118 Å². The quantitative estimate of drug-likeness (QED) is 0.659. The van der Waals surface area contributed by atoms with Crippen molar-refractivity contribution >= 4 is 35.1 Å². The molecule has 76 valence electrons. The monoisotopic (exact) mass is 259 g/mol. The fraction of sp³-hybridized carbons (Fsp3) is 0. The van der Waals surface area contributed by atoms with Crippen LogP contribution >= 0.6 is 23.2 Å². The number of carboxylic acid groups (broad SMARTS) is 2. The number of hydrogen-bond donors (Lipinski definition) is 2. The minimum Gasteiger partial charge on any atom is -1.00 e. The van der Waals surface area contributed by atoms with E-state index in [1.807, 2.05) is 0 Å². The van der Waals surface area contributed by atoms with Gasteiger partial charge in [-0.1, -0.05) is 23.2 Å². The molecular formula is C7H4Cl2NNaO4. The zero-order chi connectivity index (χ0) is 10.9. The van der Waals surface area contributed by atoms with Gasteiger partial charge in [0, 0.05) is 6.20 Å². The summed E-state index contributed by atoms with van der Waals surface area (Å²) in [6.45, 7) is 0. The molecule has 8 heteroatoms. The van der Waals surface area contributed by atoms with Gasteiger partial charge < -0.3 is 11.6 Å². The van der Waals surface area contributed by atoms with Crippen LogP contribution in [0.1, 0.15) is 22.3 Å². The molecule has 0 spiro atoms. The van der Waals surface area contributed by atoms with Crippen LogP contribution in [0.3, 0.4) is 0 Å². The summed E-state index contributed by atoms with van der Waals surface area (Å²) in [5, 5.41) is 16.8. The predicted octanol–water partition coefficient (Wildman–Crippen LogP) is -1.10. The van der Waals surface area contributed by atoms with Gasteiger partial charge in [-0.3, -0.25) is 0 Å². The Hall–Kier alpha value is -0.330. The Balaban J connectivity index is 0. The molecule has 0 aliphatic rings. The largest absolute Gasteiger partial charge is 1.00 e. The second kappa shape index (κ2) is 5.67. The van der Waals surface area contributed by atoms with E-state index in [1.54, 1.807) is 0 Å². The standard InChI is InChI=1S/C7H3Cl2NO4.Na.H/c8-2-1-10-5(7(13)14)3(4(2)9)6(11)12;;/h1H,(H,11,12)(H,13,14);;/q;+1;-1. The number of aromatic nitrogens is 1. The fourth-order valence-electron chi connectivity index (χ4n) is 0.823. The first-order valence-corrected chi connectivity index (χ1v) is 4.01. The van der Waals surface area contributed by atoms with Gasteiger partial charge in [0.25, 0.3) is 0 Å². The molecule has 0 atom stereocenters. The smallest absolute Gasteiger partial charge is 1.00 e. The molecule has 1 aromatic heterocycles. The van der Waals surface area contributed by atoms with Crippen molar-refractivity contribution in [3.8, 4) is 0 Å². The van der Waals surface area contributed by atoms with Gasteiger partial charge in [0.2, 0.25) is 0 Å². The maximum absolute atomic E-state index is 10.7. The number of aromatic carboxylic acids is 2. The van der Waals surface area contributed by atoms with Gasteiger partial charge in [-0.05, 0) is 0 Å². The number of nitrogens with zero attached hydrogens (tertiary/aromatic N) is 1. The third-order valence-electron chi connectivity index (χ3n) is 1.39. The molecule has 0 aliphatic carbocycles. The van der Waals surface area contributed by atoms with E-state index in [-0.39, 0.29) is 41.0 Å². The molecule has 0 saturated heterocycles. The van der Waals surface area contributed by atoms with Gasteiger partial charge in [0.05, 0.1) is 10.0 Å². The molecule has 15 heavy (non-hydrogen) atoms. The van der Waals surface area contributed by atoms with Crippen LogP contribution in [-0.4, -0.2) is 27.1 Å². The number of carbonyl (C=O) groups is 2. The second-order valence-electron chi connectivity index (χ2n) is 2.25. The molecule has 2 N–H and O–H groups in total. The maximum Gasteiger partial charge on any atom is 1.00 e. The minimum absolute atomic E-state index is 0. The topological polar surface area (TPSA) is 87.5 Å². The van der Waals surface area contributed by atoms with Gasteiger partial charge >= 0.3 is 41.5 Å². The van der Waals surface area contributed by atoms with E-state index in [4.69, 9.17) is 33.4 Å². The summed E-state index contributed by atoms with van der Waals surface area (Å²) < 4.78 is 0. The number of halogens is 2. The van der Waals surface area contributed by atoms with Crippen LogP contribution in [0.4, 0.5) is 0 Å². The molecule has 0 aliphatic heterocycles. The number of hydrogen-bond acceptors (Lipinski definition) is 3. The van der Waals surface area contributed by atoms with Crippen LogP contribution in [0, 0.1) is 0 Å². The molecule has 0 saturated carbocycles. The summed E-state index contributed by atoms with van der Waals surface area (Å²) in [6, 6.07) is 0. The second-order valence-corrected chi connectivity index (χ2v) is 3.04. The molecule has 0 unspecified atom stereocenters. The van der Waals surface area contributed by atoms with E-state index < -0.39 is 23.2 Å². The average Bonchev–Trinajstić information content (AvgIpc) is 2.08. The molecule has 0 bridgehead atoms. The summed E-state index contributed by atoms with van der Waals surface area (Å²) in [4.78, 5) is 24.6. The van der Waals surface area contributed by atoms with Gasteiger partial charge in [0.15, 0.2) is 5.69 Å². The first-order chi connectivity index (χ1) is 6.45. The van der Waals surface area contributed by atoms with Crippen molar-refractivity contribution in [3.63, 3.8) is 0 Å². The molecule has 0 aromatic carbocycles. The first-order valence-electron chi connectivity index (χ1n) is 3.25. The van der Waals surface area contributed by atoms with E-state index >= 15 is 0 Å². The third kappa shape index (κ3) is 3.06. The van der Waals surface area contributed by atoms with Crippen molar-refractivity contribution < 1.29 is 50.8 Å². The molecule has 1 rings (SSSR count). The molecule has 1 heterocycles. The average molecular weight is 260 g/mol. The van der Waals surface area contributed by atoms with Gasteiger partial charge in [-0.25, -0.2) is 14.6 Å². The van der Waals surface area contributed by atoms with Gasteiger partial charge in [-0.2, -0.15) is 0 Å². The van der Waals surface area contributed by atoms with E-state index in [2.05, 4.69) is 4.98 Å². The van der Waals surface area contributed by atoms with E-state index in [9.17, 15) is 9.59 Å². The van der Waals surface area contributed by atoms with Crippen molar-refractivity contribution in [2.45, 2.75) is 0 Å². The van der Waals surface area contributed by atoms with Crippen molar-refractivity contribution in [1.29, 1.82) is 0 Å². The van der Waals surface area contributed by atoms with Crippen molar-refractivity contribution in [2.24, 2.45) is 0 Å². The van der Waals surface area contributed by atoms with E-state index in [0.29, 0.717) is 0 Å². The minimum atomic E-state index is -1.48. The van der Waals surface area contributed by atoms with Crippen LogP contribution in [0.25, 0.3) is 0 Å². The molecule has 0 amide bonds. The van der Waals surface area contributed by atoms with Gasteiger partial charge in [0.1, 0.15) is 5.56 Å². The van der Waals surface area contributed by atoms with E-state index in [1.165, 1.54) is 0 Å². The fourth-order valence-corrected chi connectivity index (χ4v) is 1.19. The Kier molecular flexibility index (Phi) is 5.55. The zero-order valence-electron chi connectivity index (χ0n) is 8.49. The maximum atomic E-state index is 10.7. The number of rotatable bonds is 2. The summed E-state index contributed by atoms with van der Waals surface area (Å²) in [5.74, 6) is -2.96. The summed E-state index contributed by atoms with van der Waals surface area (Å²) in [6.07, 6.45) is 0.986. The predicted molar refractivity (Wildman–Crippen MR) is 49.3 cm³/mol. The van der Waals surface area contributed by atoms with E-state index in [0.717, 1.165) is 6.20 Å². The SMILES string of the molecule is O=C(O)c1ncc(Cl)c(Cl)c1C(=O)O.[H-].[Na+]. The van der Waals surface area contributed by atoms with Gasteiger partial charge in [-0.15, -0.1) is 0 Å². The third-order valence-corrected chi connectivity index (χ3v) is 2.17. The number of carboxylic acids is 2. The summed E-state index contributed by atoms with van der Waals surface area (Å²) >= 11 is 11.0. The molecule has 0 fully saturated rings. The Morgan fingerprint density at radius 3 is 2.20 bits per heavy atom. The molecule has 1 aromatic rings. The Bertz CT molecular complexity index is 429. The first kappa shape index (κ1) is 14.7. The van der Waals surface area contributed by atoms with Crippen molar-refractivity contribution in [1.82, 2.24) is 4.98 Å². The molecule has 5 nitrogen and oxygen atoms in total. The van der Waals surface area contributed by atoms with Crippen molar-refractivity contribution in [2.75, 3.05) is 0 Å². The Morgan fingerprint density at radius 2 is 1.80 bits per heavy atom. The van der Waals surface area contributed by atoms with Crippen molar-refractivity contribution in [3.05, 3.63) is 27.5 Å². The number of pyridine rings is 1. The summed E-state index contributed by atoms with van der Waals surface area (Å²) in [5.41, 5.74) is -1.24. The Morgan fingerprint density at radius 1 is 1.27 bits per heavy atom. The summed E-state index contributed by atoms with van der Waals surface area (Å²) in [7, 11) is 0. The zero-order valence-corrected chi connectivity index (χ0v) is 11.0. The van der Waals surface area contributed by atoms with Crippen LogP contribution < -0.4 is 29.6 Å². The van der Waals surface area contributed by atoms with Crippen LogP contribution in [0.2, 0.25) is 10.0 Å². The molecule has 0 radical (unpaired) electrons.